The van der Waals surface area contributed by atoms with E-state index in [2.05, 4.69) is 126 Å². The summed E-state index contributed by atoms with van der Waals surface area (Å²) in [6.45, 7) is 7.35. The van der Waals surface area contributed by atoms with Gasteiger partial charge < -0.3 is 13.8 Å². The van der Waals surface area contributed by atoms with Gasteiger partial charge in [-0.15, -0.1) is 0 Å². The number of para-hydroxylation sites is 4. The highest BCUT2D eigenvalue weighted by molar-refractivity contribution is 7.04. The molecular formula is C35H25BN2OSi. The van der Waals surface area contributed by atoms with Gasteiger partial charge in [0.1, 0.15) is 13.7 Å². The Morgan fingerprint density at radius 3 is 2.40 bits per heavy atom. The van der Waals surface area contributed by atoms with Crippen LogP contribution < -0.4 is 26.2 Å². The van der Waals surface area contributed by atoms with Crippen molar-refractivity contribution in [2.24, 2.45) is 0 Å². The average molecular weight is 528 g/mol. The minimum atomic E-state index is -1.93. The van der Waals surface area contributed by atoms with E-state index in [0.717, 1.165) is 11.2 Å². The lowest BCUT2D eigenvalue weighted by atomic mass is 9.45. The molecule has 0 amide bonds. The van der Waals surface area contributed by atoms with E-state index in [4.69, 9.17) is 4.42 Å². The Morgan fingerprint density at radius 1 is 0.700 bits per heavy atom. The maximum atomic E-state index is 6.61. The lowest BCUT2D eigenvalue weighted by Gasteiger charge is -2.47. The number of aromatic nitrogens is 1. The Balaban J connectivity index is 1.45. The van der Waals surface area contributed by atoms with Gasteiger partial charge in [-0.3, -0.25) is 0 Å². The van der Waals surface area contributed by atoms with Crippen molar-refractivity contribution in [3.63, 3.8) is 0 Å². The van der Waals surface area contributed by atoms with Gasteiger partial charge in [-0.1, -0.05) is 79.8 Å². The second kappa shape index (κ2) is 6.80. The van der Waals surface area contributed by atoms with Crippen LogP contribution in [0.4, 0.5) is 17.1 Å². The van der Waals surface area contributed by atoms with Crippen LogP contribution in [0.2, 0.25) is 13.1 Å². The number of fused-ring (bicyclic) bond motifs is 11. The molecule has 10 rings (SSSR count). The summed E-state index contributed by atoms with van der Waals surface area (Å²) in [7, 11) is -1.93. The predicted octanol–water partition coefficient (Wildman–Crippen LogP) is 6.40. The van der Waals surface area contributed by atoms with Crippen LogP contribution in [0.25, 0.3) is 44.1 Å². The standard InChI is InChI=1S/C35H25BN2OSi/c1-20-18-24-21-11-8-12-23-32(21)38(33-22-10-4-6-15-28(22)39-35(23)33)36-25-13-9-17-30-34(25)37(27(19-20)31(24)36)26-14-5-7-16-29(26)40(30,2)3/h4-19H,1-3H3. The first-order valence-electron chi connectivity index (χ1n) is 14.2. The number of nitrogens with zero attached hydrogens (tertiary/aromatic N) is 2. The lowest BCUT2D eigenvalue weighted by molar-refractivity contribution is 0.673. The molecule has 7 aromatic rings. The first kappa shape index (κ1) is 21.4. The summed E-state index contributed by atoms with van der Waals surface area (Å²) < 4.78 is 9.24. The molecular weight excluding hydrogens is 503 g/mol. The second-order valence-electron chi connectivity index (χ2n) is 12.2. The van der Waals surface area contributed by atoms with Gasteiger partial charge in [-0.2, -0.15) is 0 Å². The van der Waals surface area contributed by atoms with Crippen LogP contribution in [-0.4, -0.2) is 19.4 Å². The Morgan fingerprint density at radius 2 is 1.48 bits per heavy atom. The maximum Gasteiger partial charge on any atom is 0.333 e. The third kappa shape index (κ3) is 2.25. The van der Waals surface area contributed by atoms with Crippen molar-refractivity contribution < 1.29 is 4.42 Å². The molecule has 0 radical (unpaired) electrons. The summed E-state index contributed by atoms with van der Waals surface area (Å²) in [5.74, 6) is 0. The minimum absolute atomic E-state index is 0.0720. The number of rotatable bonds is 0. The summed E-state index contributed by atoms with van der Waals surface area (Å²) >= 11 is 0. The summed E-state index contributed by atoms with van der Waals surface area (Å²) in [5.41, 5.74) is 15.2. The molecule has 3 aliphatic heterocycles. The van der Waals surface area contributed by atoms with Crippen LogP contribution in [0.5, 0.6) is 0 Å². The molecule has 0 unspecified atom stereocenters. The number of aryl methyl sites for hydroxylation is 1. The molecule has 3 nitrogen and oxygen atoms in total. The van der Waals surface area contributed by atoms with Gasteiger partial charge in [0.2, 0.25) is 0 Å². The molecule has 0 saturated carbocycles. The second-order valence-corrected chi connectivity index (χ2v) is 16.5. The van der Waals surface area contributed by atoms with E-state index in [9.17, 15) is 0 Å². The predicted molar refractivity (Wildman–Crippen MR) is 171 cm³/mol. The third-order valence-electron chi connectivity index (χ3n) is 9.77. The molecule has 0 bridgehead atoms. The normalized spacial score (nSPS) is 15.5. The molecule has 5 aromatic carbocycles. The Labute approximate surface area is 233 Å². The Bertz CT molecular complexity index is 2290. The SMILES string of the molecule is Cc1cc2c3c(c1)N1c4ccccc4[Si](C)(C)c4cccc(c41)B3n1c3c-2cccc3c2oc3ccccc3c21. The molecule has 0 fully saturated rings. The van der Waals surface area contributed by atoms with Crippen molar-refractivity contribution in [1.29, 1.82) is 0 Å². The number of benzene rings is 5. The van der Waals surface area contributed by atoms with Crippen molar-refractivity contribution in [2.75, 3.05) is 4.90 Å². The van der Waals surface area contributed by atoms with Crippen molar-refractivity contribution in [3.8, 4) is 11.1 Å². The fourth-order valence-electron chi connectivity index (χ4n) is 8.17. The summed E-state index contributed by atoms with van der Waals surface area (Å²) in [5, 5.41) is 5.41. The molecule has 0 atom stereocenters. The number of anilines is 3. The van der Waals surface area contributed by atoms with Crippen molar-refractivity contribution in [1.82, 2.24) is 4.48 Å². The average Bonchev–Trinajstić information content (AvgIpc) is 3.50. The molecule has 188 valence electrons. The monoisotopic (exact) mass is 528 g/mol. The molecule has 0 spiro atoms. The van der Waals surface area contributed by atoms with E-state index in [1.54, 1.807) is 0 Å². The molecule has 5 heteroatoms. The summed E-state index contributed by atoms with van der Waals surface area (Å²) in [6, 6.07) is 36.3. The van der Waals surface area contributed by atoms with Gasteiger partial charge in [0, 0.05) is 38.9 Å². The van der Waals surface area contributed by atoms with E-state index in [1.807, 2.05) is 0 Å². The Hall–Kier alpha value is -4.48. The third-order valence-corrected chi connectivity index (χ3v) is 13.3. The molecule has 0 aliphatic carbocycles. The van der Waals surface area contributed by atoms with Crippen molar-refractivity contribution >= 4 is 86.3 Å². The summed E-state index contributed by atoms with van der Waals surface area (Å²) in [4.78, 5) is 2.60. The zero-order chi connectivity index (χ0) is 26.5. The molecule has 2 aromatic heterocycles. The zero-order valence-corrected chi connectivity index (χ0v) is 23.6. The lowest BCUT2D eigenvalue weighted by Crippen LogP contribution is -2.65. The topological polar surface area (TPSA) is 21.3 Å². The minimum Gasteiger partial charge on any atom is -0.454 e. The van der Waals surface area contributed by atoms with Gasteiger partial charge in [-0.25, -0.2) is 0 Å². The maximum absolute atomic E-state index is 6.61. The highest BCUT2D eigenvalue weighted by Crippen LogP contribution is 2.47. The van der Waals surface area contributed by atoms with Crippen LogP contribution in [0.3, 0.4) is 0 Å². The fourth-order valence-corrected chi connectivity index (χ4v) is 11.2. The van der Waals surface area contributed by atoms with E-state index >= 15 is 0 Å². The number of furan rings is 1. The first-order valence-corrected chi connectivity index (χ1v) is 17.2. The highest BCUT2D eigenvalue weighted by Gasteiger charge is 2.48. The van der Waals surface area contributed by atoms with E-state index in [1.165, 1.54) is 76.9 Å². The quantitative estimate of drug-likeness (QED) is 0.213. The summed E-state index contributed by atoms with van der Waals surface area (Å²) in [6.07, 6.45) is 0. The van der Waals surface area contributed by atoms with E-state index in [-0.39, 0.29) is 6.85 Å². The van der Waals surface area contributed by atoms with Crippen LogP contribution in [-0.2, 0) is 0 Å². The van der Waals surface area contributed by atoms with Crippen LogP contribution in [0, 0.1) is 6.92 Å². The fraction of sp³-hybridized carbons (Fsp3) is 0.0857. The van der Waals surface area contributed by atoms with E-state index in [0.29, 0.717) is 0 Å². The van der Waals surface area contributed by atoms with Crippen molar-refractivity contribution in [3.05, 3.63) is 103 Å². The van der Waals surface area contributed by atoms with Crippen molar-refractivity contribution in [2.45, 2.75) is 20.0 Å². The largest absolute Gasteiger partial charge is 0.454 e. The zero-order valence-electron chi connectivity index (χ0n) is 22.6. The Kier molecular flexibility index (Phi) is 3.63. The van der Waals surface area contributed by atoms with Gasteiger partial charge in [0.25, 0.3) is 0 Å². The highest BCUT2D eigenvalue weighted by atomic mass is 28.3. The van der Waals surface area contributed by atoms with Crippen LogP contribution in [0.15, 0.2) is 101 Å². The molecule has 3 aliphatic rings. The smallest absolute Gasteiger partial charge is 0.333 e. The van der Waals surface area contributed by atoms with Gasteiger partial charge in [-0.05, 0) is 69.7 Å². The first-order chi connectivity index (χ1) is 19.5. The molecule has 5 heterocycles. The van der Waals surface area contributed by atoms with Crippen LogP contribution in [0.1, 0.15) is 5.56 Å². The number of hydrogen-bond donors (Lipinski definition) is 0. The number of hydrogen-bond acceptors (Lipinski definition) is 2. The van der Waals surface area contributed by atoms with Gasteiger partial charge in [0.05, 0.1) is 5.52 Å². The van der Waals surface area contributed by atoms with Gasteiger partial charge >= 0.3 is 6.85 Å². The molecule has 0 N–H and O–H groups in total. The van der Waals surface area contributed by atoms with E-state index < -0.39 is 8.07 Å². The molecule has 0 saturated heterocycles. The van der Waals surface area contributed by atoms with Crippen LogP contribution >= 0.6 is 0 Å². The molecule has 40 heavy (non-hydrogen) atoms. The van der Waals surface area contributed by atoms with Gasteiger partial charge in [0.15, 0.2) is 5.58 Å².